The number of nitrogens with zero attached hydrogens (tertiary/aromatic N) is 3. The number of benzene rings is 2. The molecule has 2 aromatic carbocycles. The normalized spacial score (nSPS) is 18.6. The van der Waals surface area contributed by atoms with Crippen LogP contribution in [0.5, 0.6) is 5.75 Å². The molecule has 1 saturated heterocycles. The van der Waals surface area contributed by atoms with E-state index in [2.05, 4.69) is 33.2 Å². The number of anilines is 2. The summed E-state index contributed by atoms with van der Waals surface area (Å²) in [7, 11) is 0.122. The molecule has 3 aromatic rings. The van der Waals surface area contributed by atoms with Gasteiger partial charge in [-0.15, -0.1) is 0 Å². The molecule has 0 amide bonds. The topological polar surface area (TPSA) is 74.8 Å². The molecule has 0 saturated carbocycles. The van der Waals surface area contributed by atoms with Crippen LogP contribution < -0.4 is 15.0 Å². The number of sulfone groups is 1. The third-order valence-electron chi connectivity index (χ3n) is 6.52. The van der Waals surface area contributed by atoms with Crippen molar-refractivity contribution in [3.63, 3.8) is 0 Å². The Labute approximate surface area is 194 Å². The second kappa shape index (κ2) is 8.68. The van der Waals surface area contributed by atoms with Crippen molar-refractivity contribution in [2.24, 2.45) is 0 Å². The van der Waals surface area contributed by atoms with E-state index in [0.717, 1.165) is 54.2 Å². The van der Waals surface area contributed by atoms with Crippen molar-refractivity contribution in [3.8, 4) is 16.9 Å². The first-order valence-corrected chi connectivity index (χ1v) is 12.7. The van der Waals surface area contributed by atoms with E-state index in [1.807, 2.05) is 30.5 Å². The van der Waals surface area contributed by atoms with Crippen LogP contribution in [0, 0.1) is 0 Å². The standard InChI is InChI=1S/C25H28N4O3S/c1-28-10-12-29(13-11-28)23-16-21(6-8-24(23)32-2)33(30,31)25-15-20-14-18(5-7-22(20)27-25)19-4-3-9-26-17-19/h3-9,14,16-17,25,27H,10-13,15H2,1-2H3. The van der Waals surface area contributed by atoms with E-state index in [4.69, 9.17) is 4.74 Å². The van der Waals surface area contributed by atoms with Gasteiger partial charge in [0.1, 0.15) is 11.1 Å². The summed E-state index contributed by atoms with van der Waals surface area (Å²) in [6.45, 7) is 3.53. The van der Waals surface area contributed by atoms with Crippen LogP contribution in [0.4, 0.5) is 11.4 Å². The highest BCUT2D eigenvalue weighted by molar-refractivity contribution is 7.92. The number of hydrogen-bond acceptors (Lipinski definition) is 7. The van der Waals surface area contributed by atoms with Crippen LogP contribution in [0.1, 0.15) is 5.56 Å². The highest BCUT2D eigenvalue weighted by Gasteiger charge is 2.34. The Kier molecular flexibility index (Phi) is 5.72. The smallest absolute Gasteiger partial charge is 0.199 e. The molecule has 0 radical (unpaired) electrons. The van der Waals surface area contributed by atoms with Crippen LogP contribution in [0.15, 0.2) is 65.8 Å². The number of methoxy groups -OCH3 is 1. The van der Waals surface area contributed by atoms with Gasteiger partial charge in [-0.05, 0) is 60.1 Å². The first-order chi connectivity index (χ1) is 16.0. The number of ether oxygens (including phenoxy) is 1. The molecule has 3 heterocycles. The number of pyridine rings is 1. The number of piperazine rings is 1. The van der Waals surface area contributed by atoms with E-state index in [1.165, 1.54) is 0 Å². The van der Waals surface area contributed by atoms with Gasteiger partial charge in [-0.3, -0.25) is 4.98 Å². The maximum Gasteiger partial charge on any atom is 0.199 e. The summed E-state index contributed by atoms with van der Waals surface area (Å²) in [5.74, 6) is 0.697. The minimum absolute atomic E-state index is 0.315. The van der Waals surface area contributed by atoms with Gasteiger partial charge in [0, 0.05) is 50.7 Å². The molecule has 33 heavy (non-hydrogen) atoms. The van der Waals surface area contributed by atoms with Gasteiger partial charge in [-0.25, -0.2) is 8.42 Å². The highest BCUT2D eigenvalue weighted by atomic mass is 32.2. The third-order valence-corrected chi connectivity index (χ3v) is 8.46. The highest BCUT2D eigenvalue weighted by Crippen LogP contribution is 2.37. The van der Waals surface area contributed by atoms with Crippen LogP contribution in [-0.4, -0.2) is 64.0 Å². The van der Waals surface area contributed by atoms with Crippen molar-refractivity contribution in [2.45, 2.75) is 16.7 Å². The average molecular weight is 465 g/mol. The molecule has 2 aliphatic heterocycles. The lowest BCUT2D eigenvalue weighted by Gasteiger charge is -2.35. The molecule has 0 bridgehead atoms. The van der Waals surface area contributed by atoms with Gasteiger partial charge in [-0.2, -0.15) is 0 Å². The molecule has 5 rings (SSSR count). The van der Waals surface area contributed by atoms with E-state index in [-0.39, 0.29) is 0 Å². The second-order valence-electron chi connectivity index (χ2n) is 8.62. The molecule has 0 spiro atoms. The third kappa shape index (κ3) is 4.16. The van der Waals surface area contributed by atoms with Crippen LogP contribution in [0.25, 0.3) is 11.1 Å². The molecule has 1 N–H and O–H groups in total. The zero-order valence-corrected chi connectivity index (χ0v) is 19.7. The minimum atomic E-state index is -3.60. The molecule has 0 aliphatic carbocycles. The summed E-state index contributed by atoms with van der Waals surface area (Å²) in [6.07, 6.45) is 3.98. The van der Waals surface area contributed by atoms with Crippen molar-refractivity contribution in [2.75, 3.05) is 50.6 Å². The lowest BCUT2D eigenvalue weighted by atomic mass is 10.0. The molecule has 1 aromatic heterocycles. The van der Waals surface area contributed by atoms with E-state index in [1.54, 1.807) is 31.5 Å². The molecule has 172 valence electrons. The molecular weight excluding hydrogens is 436 g/mol. The summed E-state index contributed by atoms with van der Waals surface area (Å²) in [4.78, 5) is 8.97. The van der Waals surface area contributed by atoms with Gasteiger partial charge < -0.3 is 19.9 Å². The summed E-state index contributed by atoms with van der Waals surface area (Å²) in [5.41, 5.74) is 4.74. The zero-order valence-electron chi connectivity index (χ0n) is 18.9. The Morgan fingerprint density at radius 2 is 1.85 bits per heavy atom. The summed E-state index contributed by atoms with van der Waals surface area (Å²) in [6, 6.07) is 15.1. The van der Waals surface area contributed by atoms with Crippen molar-refractivity contribution >= 4 is 21.2 Å². The quantitative estimate of drug-likeness (QED) is 0.621. The first-order valence-electron chi connectivity index (χ1n) is 11.1. The summed E-state index contributed by atoms with van der Waals surface area (Å²) in [5, 5.41) is 2.53. The van der Waals surface area contributed by atoms with Gasteiger partial charge in [0.2, 0.25) is 0 Å². The van der Waals surface area contributed by atoms with Gasteiger partial charge in [0.05, 0.1) is 17.7 Å². The van der Waals surface area contributed by atoms with Crippen molar-refractivity contribution in [1.82, 2.24) is 9.88 Å². The van der Waals surface area contributed by atoms with Crippen molar-refractivity contribution < 1.29 is 13.2 Å². The predicted octanol–water partition coefficient (Wildman–Crippen LogP) is 3.28. The largest absolute Gasteiger partial charge is 0.495 e. The molecule has 7 nitrogen and oxygen atoms in total. The Bertz CT molecular complexity index is 1260. The first kappa shape index (κ1) is 21.7. The van der Waals surface area contributed by atoms with Crippen LogP contribution >= 0.6 is 0 Å². The number of rotatable bonds is 5. The van der Waals surface area contributed by atoms with E-state index in [0.29, 0.717) is 17.1 Å². The summed E-state index contributed by atoms with van der Waals surface area (Å²) < 4.78 is 32.8. The molecular formula is C25H28N4O3S. The average Bonchev–Trinajstić information content (AvgIpc) is 3.29. The number of fused-ring (bicyclic) bond motifs is 1. The van der Waals surface area contributed by atoms with Crippen LogP contribution in [0.3, 0.4) is 0 Å². The van der Waals surface area contributed by atoms with Crippen LogP contribution in [0.2, 0.25) is 0 Å². The minimum Gasteiger partial charge on any atom is -0.495 e. The van der Waals surface area contributed by atoms with Crippen molar-refractivity contribution in [1.29, 1.82) is 0 Å². The number of nitrogens with one attached hydrogen (secondary N) is 1. The SMILES string of the molecule is COc1ccc(S(=O)(=O)C2Cc3cc(-c4cccnc4)ccc3N2)cc1N1CCN(C)CC1. The van der Waals surface area contributed by atoms with Gasteiger partial charge in [0.25, 0.3) is 0 Å². The maximum absolute atomic E-state index is 13.6. The number of likely N-dealkylation sites (N-methyl/N-ethyl adjacent to an activating group) is 1. The summed E-state index contributed by atoms with van der Waals surface area (Å²) >= 11 is 0. The zero-order chi connectivity index (χ0) is 23.0. The van der Waals surface area contributed by atoms with E-state index < -0.39 is 15.2 Å². The molecule has 8 heteroatoms. The molecule has 1 unspecified atom stereocenters. The van der Waals surface area contributed by atoms with Gasteiger partial charge in [-0.1, -0.05) is 12.1 Å². The Morgan fingerprint density at radius 3 is 2.58 bits per heavy atom. The predicted molar refractivity (Wildman–Crippen MR) is 131 cm³/mol. The Morgan fingerprint density at radius 1 is 1.03 bits per heavy atom. The van der Waals surface area contributed by atoms with E-state index in [9.17, 15) is 8.42 Å². The monoisotopic (exact) mass is 464 g/mol. The molecule has 1 atom stereocenters. The fourth-order valence-corrected chi connectivity index (χ4v) is 6.08. The lowest BCUT2D eigenvalue weighted by Crippen LogP contribution is -2.44. The Hall–Kier alpha value is -3.10. The molecule has 1 fully saturated rings. The Balaban J connectivity index is 1.42. The van der Waals surface area contributed by atoms with Crippen molar-refractivity contribution in [3.05, 3.63) is 66.5 Å². The fraction of sp³-hybridized carbons (Fsp3) is 0.320. The number of hydrogen-bond donors (Lipinski definition) is 1. The molecule has 2 aliphatic rings. The van der Waals surface area contributed by atoms with Gasteiger partial charge >= 0.3 is 0 Å². The van der Waals surface area contributed by atoms with Gasteiger partial charge in [0.15, 0.2) is 9.84 Å². The lowest BCUT2D eigenvalue weighted by molar-refractivity contribution is 0.311. The fourth-order valence-electron chi connectivity index (χ4n) is 4.53. The second-order valence-corrected chi connectivity index (χ2v) is 10.8. The maximum atomic E-state index is 13.6. The van der Waals surface area contributed by atoms with Crippen LogP contribution in [-0.2, 0) is 16.3 Å². The van der Waals surface area contributed by atoms with E-state index >= 15 is 0 Å². The number of aromatic nitrogens is 1.